The van der Waals surface area contributed by atoms with Crippen molar-refractivity contribution in [1.82, 2.24) is 14.6 Å². The molecule has 3 heterocycles. The molecular formula is C15H14N4. The van der Waals surface area contributed by atoms with Gasteiger partial charge in [-0.15, -0.1) is 10.2 Å². The monoisotopic (exact) mass is 250 g/mol. The van der Waals surface area contributed by atoms with Crippen LogP contribution in [0.3, 0.4) is 0 Å². The summed E-state index contributed by atoms with van der Waals surface area (Å²) < 4.78 is 2.05. The van der Waals surface area contributed by atoms with E-state index in [1.807, 2.05) is 28.8 Å². The van der Waals surface area contributed by atoms with Gasteiger partial charge >= 0.3 is 0 Å². The molecule has 2 aromatic heterocycles. The van der Waals surface area contributed by atoms with Crippen molar-refractivity contribution in [2.45, 2.75) is 12.8 Å². The third kappa shape index (κ3) is 1.60. The van der Waals surface area contributed by atoms with Crippen molar-refractivity contribution in [2.24, 2.45) is 0 Å². The Hall–Kier alpha value is -2.36. The minimum atomic E-state index is 0.888. The summed E-state index contributed by atoms with van der Waals surface area (Å²) >= 11 is 0. The molecule has 0 spiro atoms. The second kappa shape index (κ2) is 4.09. The van der Waals surface area contributed by atoms with Gasteiger partial charge in [-0.25, -0.2) is 0 Å². The van der Waals surface area contributed by atoms with E-state index < -0.39 is 0 Å². The molecule has 1 aromatic carbocycles. The maximum atomic E-state index is 4.36. The molecule has 94 valence electrons. The van der Waals surface area contributed by atoms with E-state index >= 15 is 0 Å². The van der Waals surface area contributed by atoms with E-state index in [-0.39, 0.29) is 0 Å². The van der Waals surface area contributed by atoms with Gasteiger partial charge in [-0.2, -0.15) is 0 Å². The van der Waals surface area contributed by atoms with Gasteiger partial charge in [-0.05, 0) is 36.6 Å². The molecule has 0 unspecified atom stereocenters. The second-order valence-electron chi connectivity index (χ2n) is 4.81. The molecule has 4 rings (SSSR count). The molecule has 0 amide bonds. The molecule has 1 aliphatic heterocycles. The van der Waals surface area contributed by atoms with Crippen molar-refractivity contribution >= 4 is 11.3 Å². The van der Waals surface area contributed by atoms with Gasteiger partial charge in [0, 0.05) is 24.0 Å². The average molecular weight is 250 g/mol. The molecule has 0 bridgehead atoms. The zero-order chi connectivity index (χ0) is 12.7. The molecule has 0 saturated heterocycles. The Morgan fingerprint density at radius 2 is 2.05 bits per heavy atom. The van der Waals surface area contributed by atoms with E-state index in [9.17, 15) is 0 Å². The predicted molar refractivity (Wildman–Crippen MR) is 75.2 cm³/mol. The van der Waals surface area contributed by atoms with Crippen LogP contribution in [0.25, 0.3) is 17.0 Å². The highest BCUT2D eigenvalue weighted by molar-refractivity contribution is 5.72. The second-order valence-corrected chi connectivity index (χ2v) is 4.81. The first-order valence-corrected chi connectivity index (χ1v) is 6.59. The van der Waals surface area contributed by atoms with E-state index in [1.54, 1.807) is 0 Å². The highest BCUT2D eigenvalue weighted by Crippen LogP contribution is 2.31. The number of aromatic nitrogens is 3. The molecule has 1 N–H and O–H groups in total. The number of nitrogens with one attached hydrogen (secondary N) is 1. The molecule has 4 nitrogen and oxygen atoms in total. The zero-order valence-corrected chi connectivity index (χ0v) is 10.5. The highest BCUT2D eigenvalue weighted by Gasteiger charge is 2.16. The van der Waals surface area contributed by atoms with Crippen molar-refractivity contribution in [1.29, 1.82) is 0 Å². The van der Waals surface area contributed by atoms with Crippen molar-refractivity contribution in [3.63, 3.8) is 0 Å². The Kier molecular flexibility index (Phi) is 2.27. The van der Waals surface area contributed by atoms with E-state index in [4.69, 9.17) is 0 Å². The maximum Gasteiger partial charge on any atom is 0.168 e. The Labute approximate surface area is 111 Å². The average Bonchev–Trinajstić information content (AvgIpc) is 2.90. The third-order valence-corrected chi connectivity index (χ3v) is 3.65. The minimum absolute atomic E-state index is 0.888. The van der Waals surface area contributed by atoms with Crippen LogP contribution in [0.1, 0.15) is 12.0 Å². The lowest BCUT2D eigenvalue weighted by atomic mass is 9.97. The summed E-state index contributed by atoms with van der Waals surface area (Å²) in [5.41, 5.74) is 4.66. The maximum absolute atomic E-state index is 4.36. The predicted octanol–water partition coefficient (Wildman–Crippen LogP) is 2.75. The molecule has 0 aliphatic carbocycles. The summed E-state index contributed by atoms with van der Waals surface area (Å²) in [6.07, 6.45) is 4.28. The molecule has 0 radical (unpaired) electrons. The van der Waals surface area contributed by atoms with Gasteiger partial charge in [0.2, 0.25) is 0 Å². The van der Waals surface area contributed by atoms with E-state index in [2.05, 4.69) is 33.7 Å². The molecule has 0 saturated carbocycles. The van der Waals surface area contributed by atoms with Crippen LogP contribution < -0.4 is 5.32 Å². The Morgan fingerprint density at radius 3 is 3.05 bits per heavy atom. The zero-order valence-electron chi connectivity index (χ0n) is 10.5. The van der Waals surface area contributed by atoms with Gasteiger partial charge in [-0.3, -0.25) is 4.40 Å². The largest absolute Gasteiger partial charge is 0.385 e. The minimum Gasteiger partial charge on any atom is -0.385 e. The van der Waals surface area contributed by atoms with Crippen molar-refractivity contribution in [2.75, 3.05) is 11.9 Å². The summed E-state index contributed by atoms with van der Waals surface area (Å²) in [5, 5.41) is 12.1. The summed E-state index contributed by atoms with van der Waals surface area (Å²) in [6.45, 7) is 1.05. The fraction of sp³-hybridized carbons (Fsp3) is 0.200. The van der Waals surface area contributed by atoms with Gasteiger partial charge in [0.1, 0.15) is 0 Å². The summed E-state index contributed by atoms with van der Waals surface area (Å²) in [4.78, 5) is 0. The van der Waals surface area contributed by atoms with Crippen LogP contribution in [0.4, 0.5) is 5.69 Å². The smallest absolute Gasteiger partial charge is 0.168 e. The summed E-state index contributed by atoms with van der Waals surface area (Å²) in [7, 11) is 0. The van der Waals surface area contributed by atoms with E-state index in [0.717, 1.165) is 24.4 Å². The number of hydrogen-bond acceptors (Lipinski definition) is 3. The van der Waals surface area contributed by atoms with E-state index in [1.165, 1.54) is 23.2 Å². The van der Waals surface area contributed by atoms with Gasteiger partial charge in [0.05, 0.1) is 0 Å². The highest BCUT2D eigenvalue weighted by atomic mass is 15.2. The lowest BCUT2D eigenvalue weighted by molar-refractivity contribution is 0.830. The standard InChI is InChI=1S/C15H14N4/c1-2-10-19-14(8-1)17-18-15(19)12-5-3-7-13-11(12)6-4-9-16-13/h1-3,5,7-8,10,16H,4,6,9H2. The first kappa shape index (κ1) is 10.6. The number of pyridine rings is 1. The van der Waals surface area contributed by atoms with Crippen LogP contribution >= 0.6 is 0 Å². The molecule has 4 heteroatoms. The Balaban J connectivity index is 1.97. The van der Waals surface area contributed by atoms with Gasteiger partial charge < -0.3 is 5.32 Å². The first-order chi connectivity index (χ1) is 9.43. The third-order valence-electron chi connectivity index (χ3n) is 3.65. The molecule has 3 aromatic rings. The number of fused-ring (bicyclic) bond motifs is 2. The Morgan fingerprint density at radius 1 is 1.05 bits per heavy atom. The number of hydrogen-bond donors (Lipinski definition) is 1. The fourth-order valence-electron chi connectivity index (χ4n) is 2.74. The lowest BCUT2D eigenvalue weighted by Crippen LogP contribution is -2.12. The van der Waals surface area contributed by atoms with E-state index in [0.29, 0.717) is 0 Å². The quantitative estimate of drug-likeness (QED) is 0.722. The van der Waals surface area contributed by atoms with Crippen LogP contribution in [0.15, 0.2) is 42.6 Å². The summed E-state index contributed by atoms with van der Waals surface area (Å²) in [6, 6.07) is 12.3. The topological polar surface area (TPSA) is 42.2 Å². The number of rotatable bonds is 1. The van der Waals surface area contributed by atoms with Crippen LogP contribution in [0.5, 0.6) is 0 Å². The molecule has 0 fully saturated rings. The van der Waals surface area contributed by atoms with Crippen LogP contribution in [0, 0.1) is 0 Å². The van der Waals surface area contributed by atoms with Crippen LogP contribution in [-0.4, -0.2) is 21.1 Å². The van der Waals surface area contributed by atoms with Gasteiger partial charge in [0.15, 0.2) is 11.5 Å². The van der Waals surface area contributed by atoms with Crippen LogP contribution in [-0.2, 0) is 6.42 Å². The molecule has 0 atom stereocenters. The number of benzene rings is 1. The number of anilines is 1. The Bertz CT molecular complexity index is 745. The van der Waals surface area contributed by atoms with Crippen molar-refractivity contribution in [3.05, 3.63) is 48.2 Å². The normalized spacial score (nSPS) is 14.1. The van der Waals surface area contributed by atoms with Gasteiger partial charge in [-0.1, -0.05) is 18.2 Å². The lowest BCUT2D eigenvalue weighted by Gasteiger charge is -2.20. The van der Waals surface area contributed by atoms with Crippen molar-refractivity contribution in [3.8, 4) is 11.4 Å². The molecular weight excluding hydrogens is 236 g/mol. The molecule has 1 aliphatic rings. The van der Waals surface area contributed by atoms with Crippen LogP contribution in [0.2, 0.25) is 0 Å². The SMILES string of the molecule is c1cc2c(c(-c3nnc4ccccn34)c1)CCCN2. The van der Waals surface area contributed by atoms with Gasteiger partial charge in [0.25, 0.3) is 0 Å². The fourth-order valence-corrected chi connectivity index (χ4v) is 2.74. The molecule has 19 heavy (non-hydrogen) atoms. The number of nitrogens with zero attached hydrogens (tertiary/aromatic N) is 3. The van der Waals surface area contributed by atoms with Crippen molar-refractivity contribution < 1.29 is 0 Å². The first-order valence-electron chi connectivity index (χ1n) is 6.59. The summed E-state index contributed by atoms with van der Waals surface area (Å²) in [5.74, 6) is 0.927.